The Balaban J connectivity index is 2.29. The molecule has 0 unspecified atom stereocenters. The van der Waals surface area contributed by atoms with Gasteiger partial charge in [-0.2, -0.15) is 0 Å². The third-order valence-electron chi connectivity index (χ3n) is 2.33. The summed E-state index contributed by atoms with van der Waals surface area (Å²) in [4.78, 5) is 10.5. The van der Waals surface area contributed by atoms with Gasteiger partial charge in [-0.25, -0.2) is 4.98 Å². The topological polar surface area (TPSA) is 41.0 Å². The van der Waals surface area contributed by atoms with Crippen molar-refractivity contribution in [3.63, 3.8) is 0 Å². The second kappa shape index (κ2) is 7.41. The van der Waals surface area contributed by atoms with Crippen LogP contribution in [-0.2, 0) is 0 Å². The van der Waals surface area contributed by atoms with Crippen molar-refractivity contribution >= 4 is 17.4 Å². The van der Waals surface area contributed by atoms with Crippen molar-refractivity contribution in [2.24, 2.45) is 0 Å². The molecule has 90 valence electrons. The zero-order valence-corrected chi connectivity index (χ0v) is 10.7. The van der Waals surface area contributed by atoms with Crippen LogP contribution in [0, 0.1) is 0 Å². The minimum absolute atomic E-state index is 0.422. The van der Waals surface area contributed by atoms with Crippen LogP contribution in [0.1, 0.15) is 20.3 Å². The number of nitrogens with one attached hydrogen (secondary N) is 1. The van der Waals surface area contributed by atoms with Crippen LogP contribution in [0.25, 0.3) is 0 Å². The van der Waals surface area contributed by atoms with Gasteiger partial charge in [0.15, 0.2) is 0 Å². The first-order valence-corrected chi connectivity index (χ1v) is 6.07. The fourth-order valence-corrected chi connectivity index (χ4v) is 1.66. The lowest BCUT2D eigenvalue weighted by Gasteiger charge is -2.19. The molecular formula is C11H19ClN4. The van der Waals surface area contributed by atoms with Gasteiger partial charge in [-0.3, -0.25) is 4.98 Å². The van der Waals surface area contributed by atoms with Gasteiger partial charge in [0.2, 0.25) is 0 Å². The Kier molecular flexibility index (Phi) is 6.11. The fourth-order valence-electron chi connectivity index (χ4n) is 1.51. The molecule has 0 aromatic carbocycles. The summed E-state index contributed by atoms with van der Waals surface area (Å²) in [6.45, 7) is 8.46. The monoisotopic (exact) mass is 242 g/mol. The first-order chi connectivity index (χ1) is 7.76. The van der Waals surface area contributed by atoms with E-state index < -0.39 is 0 Å². The molecule has 0 atom stereocenters. The third-order valence-corrected chi connectivity index (χ3v) is 2.51. The van der Waals surface area contributed by atoms with Crippen LogP contribution < -0.4 is 5.32 Å². The molecule has 4 nitrogen and oxygen atoms in total. The highest BCUT2D eigenvalue weighted by molar-refractivity contribution is 6.29. The molecule has 0 fully saturated rings. The Labute approximate surface area is 102 Å². The van der Waals surface area contributed by atoms with Crippen molar-refractivity contribution in [1.82, 2.24) is 14.9 Å². The van der Waals surface area contributed by atoms with Gasteiger partial charge in [-0.15, -0.1) is 0 Å². The normalized spacial score (nSPS) is 10.8. The number of halogens is 1. The van der Waals surface area contributed by atoms with Crippen LogP contribution in [0.5, 0.6) is 0 Å². The van der Waals surface area contributed by atoms with Crippen LogP contribution in [0.3, 0.4) is 0 Å². The van der Waals surface area contributed by atoms with Crippen molar-refractivity contribution in [2.45, 2.75) is 20.3 Å². The van der Waals surface area contributed by atoms with Crippen molar-refractivity contribution in [3.8, 4) is 0 Å². The summed E-state index contributed by atoms with van der Waals surface area (Å²) in [6, 6.07) is 0. The molecule has 1 aromatic heterocycles. The smallest absolute Gasteiger partial charge is 0.149 e. The minimum Gasteiger partial charge on any atom is -0.367 e. The van der Waals surface area contributed by atoms with Crippen LogP contribution in [0.15, 0.2) is 12.4 Å². The predicted octanol–water partition coefficient (Wildman–Crippen LogP) is 2.27. The molecule has 1 rings (SSSR count). The number of nitrogens with zero attached hydrogens (tertiary/aromatic N) is 3. The van der Waals surface area contributed by atoms with Crippen LogP contribution in [0.2, 0.25) is 5.15 Å². The lowest BCUT2D eigenvalue weighted by molar-refractivity contribution is 0.300. The van der Waals surface area contributed by atoms with Gasteiger partial charge in [0, 0.05) is 13.1 Å². The Bertz CT molecular complexity index is 306. The van der Waals surface area contributed by atoms with Crippen molar-refractivity contribution in [1.29, 1.82) is 0 Å². The maximum Gasteiger partial charge on any atom is 0.149 e. The lowest BCUT2D eigenvalue weighted by atomic mass is 10.4. The second-order valence-electron chi connectivity index (χ2n) is 3.59. The molecule has 0 aliphatic carbocycles. The highest BCUT2D eigenvalue weighted by Crippen LogP contribution is 2.06. The molecule has 0 saturated heterocycles. The molecule has 1 N–H and O–H groups in total. The van der Waals surface area contributed by atoms with E-state index in [2.05, 4.69) is 34.0 Å². The van der Waals surface area contributed by atoms with Crippen LogP contribution in [0.4, 0.5) is 5.82 Å². The summed E-state index contributed by atoms with van der Waals surface area (Å²) < 4.78 is 0. The second-order valence-corrected chi connectivity index (χ2v) is 3.98. The van der Waals surface area contributed by atoms with E-state index in [9.17, 15) is 0 Å². The van der Waals surface area contributed by atoms with Gasteiger partial charge in [0.25, 0.3) is 0 Å². The molecule has 1 heterocycles. The third kappa shape index (κ3) is 4.77. The predicted molar refractivity (Wildman–Crippen MR) is 67.9 cm³/mol. The lowest BCUT2D eigenvalue weighted by Crippen LogP contribution is -2.29. The van der Waals surface area contributed by atoms with Gasteiger partial charge in [0.1, 0.15) is 11.0 Å². The van der Waals surface area contributed by atoms with Gasteiger partial charge in [0.05, 0.1) is 12.4 Å². The molecule has 0 saturated carbocycles. The molecule has 0 spiro atoms. The molecule has 16 heavy (non-hydrogen) atoms. The largest absolute Gasteiger partial charge is 0.367 e. The molecule has 1 aromatic rings. The average molecular weight is 243 g/mol. The zero-order valence-electron chi connectivity index (χ0n) is 9.91. The molecule has 0 bridgehead atoms. The summed E-state index contributed by atoms with van der Waals surface area (Å²) in [6.07, 6.45) is 4.40. The summed E-state index contributed by atoms with van der Waals surface area (Å²) >= 11 is 5.74. The Morgan fingerprint density at radius 3 is 2.75 bits per heavy atom. The van der Waals surface area contributed by atoms with E-state index in [4.69, 9.17) is 11.6 Å². The van der Waals surface area contributed by atoms with E-state index in [0.29, 0.717) is 5.15 Å². The van der Waals surface area contributed by atoms with Crippen molar-refractivity contribution in [2.75, 3.05) is 31.5 Å². The van der Waals surface area contributed by atoms with E-state index in [1.807, 2.05) is 0 Å². The molecular weight excluding hydrogens is 224 g/mol. The summed E-state index contributed by atoms with van der Waals surface area (Å²) in [7, 11) is 0. The zero-order chi connectivity index (χ0) is 11.8. The quantitative estimate of drug-likeness (QED) is 0.797. The molecule has 0 aliphatic heterocycles. The van der Waals surface area contributed by atoms with E-state index in [-0.39, 0.29) is 0 Å². The number of rotatable bonds is 7. The number of aromatic nitrogens is 2. The Morgan fingerprint density at radius 2 is 2.12 bits per heavy atom. The maximum atomic E-state index is 5.74. The summed E-state index contributed by atoms with van der Waals surface area (Å²) in [5, 5.41) is 3.63. The van der Waals surface area contributed by atoms with Gasteiger partial charge < -0.3 is 10.2 Å². The average Bonchev–Trinajstić information content (AvgIpc) is 2.28. The van der Waals surface area contributed by atoms with Gasteiger partial charge >= 0.3 is 0 Å². The molecule has 5 heteroatoms. The standard InChI is InChI=1S/C11H19ClN4/c1-3-6-16(4-2)7-5-14-11-9-13-8-10(12)15-11/h8-9H,3-7H2,1-2H3,(H,14,15). The first kappa shape index (κ1) is 13.2. The fraction of sp³-hybridized carbons (Fsp3) is 0.636. The first-order valence-electron chi connectivity index (χ1n) is 5.70. The van der Waals surface area contributed by atoms with Gasteiger partial charge in [-0.1, -0.05) is 25.4 Å². The van der Waals surface area contributed by atoms with Crippen molar-refractivity contribution in [3.05, 3.63) is 17.5 Å². The van der Waals surface area contributed by atoms with E-state index in [0.717, 1.165) is 32.0 Å². The van der Waals surface area contributed by atoms with E-state index >= 15 is 0 Å². The Hall–Kier alpha value is -0.870. The van der Waals surface area contributed by atoms with Crippen LogP contribution >= 0.6 is 11.6 Å². The minimum atomic E-state index is 0.422. The number of hydrogen-bond donors (Lipinski definition) is 1. The number of hydrogen-bond acceptors (Lipinski definition) is 4. The number of anilines is 1. The molecule has 0 aliphatic rings. The summed E-state index contributed by atoms with van der Waals surface area (Å²) in [5.74, 6) is 0.736. The maximum absolute atomic E-state index is 5.74. The van der Waals surface area contributed by atoms with E-state index in [1.54, 1.807) is 6.20 Å². The highest BCUT2D eigenvalue weighted by Gasteiger charge is 2.00. The SMILES string of the molecule is CCCN(CC)CCNc1cncc(Cl)n1. The van der Waals surface area contributed by atoms with Crippen LogP contribution in [-0.4, -0.2) is 41.0 Å². The highest BCUT2D eigenvalue weighted by atomic mass is 35.5. The molecule has 0 amide bonds. The van der Waals surface area contributed by atoms with Gasteiger partial charge in [-0.05, 0) is 19.5 Å². The van der Waals surface area contributed by atoms with E-state index in [1.165, 1.54) is 12.6 Å². The van der Waals surface area contributed by atoms with Crippen molar-refractivity contribution < 1.29 is 0 Å². The Morgan fingerprint density at radius 1 is 1.31 bits per heavy atom. The number of likely N-dealkylation sites (N-methyl/N-ethyl adjacent to an activating group) is 1. The molecule has 0 radical (unpaired) electrons. The summed E-state index contributed by atoms with van der Waals surface area (Å²) in [5.41, 5.74) is 0.